The molecule has 1 rings (SSSR count). The van der Waals surface area contributed by atoms with Crippen LogP contribution in [0.5, 0.6) is 5.75 Å². The lowest BCUT2D eigenvalue weighted by Gasteiger charge is -2.29. The highest BCUT2D eigenvalue weighted by Crippen LogP contribution is 2.23. The Labute approximate surface area is 164 Å². The highest BCUT2D eigenvalue weighted by atomic mass is 19.1. The van der Waals surface area contributed by atoms with Crippen molar-refractivity contribution in [3.63, 3.8) is 0 Å². The summed E-state index contributed by atoms with van der Waals surface area (Å²) in [6.45, 7) is 11.8. The second kappa shape index (κ2) is 8.99. The highest BCUT2D eigenvalue weighted by molar-refractivity contribution is 5.71. The Kier molecular flexibility index (Phi) is 7.49. The molecular weight excluding hydrogens is 369 g/mol. The molecule has 1 aromatic rings. The number of alkyl carbamates (subject to hydrolysis) is 2. The molecule has 0 bridgehead atoms. The summed E-state index contributed by atoms with van der Waals surface area (Å²) >= 11 is 0. The molecule has 0 aromatic heterocycles. The number of benzene rings is 1. The van der Waals surface area contributed by atoms with E-state index in [1.165, 1.54) is 12.1 Å². The average Bonchev–Trinajstić information content (AvgIpc) is 2.46. The van der Waals surface area contributed by atoms with E-state index in [0.29, 0.717) is 0 Å². The van der Waals surface area contributed by atoms with Gasteiger partial charge in [-0.2, -0.15) is 0 Å². The first-order valence-electron chi connectivity index (χ1n) is 8.87. The van der Waals surface area contributed by atoms with Crippen molar-refractivity contribution in [2.45, 2.75) is 71.9 Å². The van der Waals surface area contributed by atoms with Crippen LogP contribution in [0, 0.1) is 5.82 Å². The van der Waals surface area contributed by atoms with E-state index in [4.69, 9.17) is 19.9 Å². The number of hydrogen-bond acceptors (Lipinski definition) is 6. The van der Waals surface area contributed by atoms with Crippen molar-refractivity contribution in [2.75, 3.05) is 5.73 Å². The first-order valence-corrected chi connectivity index (χ1v) is 8.87. The minimum absolute atomic E-state index is 0.0782. The van der Waals surface area contributed by atoms with Gasteiger partial charge in [0.25, 0.3) is 0 Å². The van der Waals surface area contributed by atoms with Crippen LogP contribution in [0.4, 0.5) is 19.7 Å². The van der Waals surface area contributed by atoms with Crippen molar-refractivity contribution < 1.29 is 28.2 Å². The van der Waals surface area contributed by atoms with E-state index in [-0.39, 0.29) is 11.4 Å². The number of carbonyl (C=O) groups excluding carboxylic acids is 2. The van der Waals surface area contributed by atoms with Gasteiger partial charge in [0, 0.05) is 6.07 Å². The molecule has 4 N–H and O–H groups in total. The Hall–Kier alpha value is -2.71. The van der Waals surface area contributed by atoms with E-state index in [9.17, 15) is 14.0 Å². The molecule has 0 aliphatic carbocycles. The van der Waals surface area contributed by atoms with Crippen molar-refractivity contribution in [3.8, 4) is 5.75 Å². The zero-order valence-corrected chi connectivity index (χ0v) is 17.4. The molecule has 1 atom stereocenters. The second-order valence-electron chi connectivity index (χ2n) is 8.28. The minimum atomic E-state index is -1.03. The second-order valence-corrected chi connectivity index (χ2v) is 8.28. The number of nitrogens with two attached hydrogens (primary N) is 1. The number of nitrogens with one attached hydrogen (secondary N) is 2. The smallest absolute Gasteiger partial charge is 0.409 e. The fourth-order valence-corrected chi connectivity index (χ4v) is 2.02. The van der Waals surface area contributed by atoms with Gasteiger partial charge in [-0.1, -0.05) is 0 Å². The third-order valence-electron chi connectivity index (χ3n) is 3.10. The standard InChI is InChI=1S/C19H30FN3O5/c1-11(26-14-10-12(20)8-9-13(14)21)15(22-16(24)27-18(2,3)4)23-17(25)28-19(5,6)7/h8-11,15H,21H2,1-7H3,(H,22,24)(H,23,25). The van der Waals surface area contributed by atoms with Crippen LogP contribution in [0.15, 0.2) is 18.2 Å². The van der Waals surface area contributed by atoms with E-state index in [1.807, 2.05) is 0 Å². The van der Waals surface area contributed by atoms with E-state index < -0.39 is 41.5 Å². The Morgan fingerprint density at radius 2 is 1.46 bits per heavy atom. The van der Waals surface area contributed by atoms with Gasteiger partial charge in [-0.25, -0.2) is 14.0 Å². The molecule has 0 heterocycles. The van der Waals surface area contributed by atoms with Crippen LogP contribution < -0.4 is 21.1 Å². The van der Waals surface area contributed by atoms with Gasteiger partial charge in [0.1, 0.15) is 35.0 Å². The van der Waals surface area contributed by atoms with Gasteiger partial charge < -0.3 is 19.9 Å². The topological polar surface area (TPSA) is 112 Å². The molecule has 28 heavy (non-hydrogen) atoms. The van der Waals surface area contributed by atoms with Crippen LogP contribution in [0.1, 0.15) is 48.5 Å². The molecule has 1 unspecified atom stereocenters. The number of hydrogen-bond donors (Lipinski definition) is 3. The average molecular weight is 399 g/mol. The third kappa shape index (κ3) is 8.79. The fraction of sp³-hybridized carbons (Fsp3) is 0.579. The number of anilines is 1. The minimum Gasteiger partial charge on any atom is -0.484 e. The molecule has 0 aliphatic heterocycles. The maximum absolute atomic E-state index is 13.5. The largest absolute Gasteiger partial charge is 0.484 e. The summed E-state index contributed by atoms with van der Waals surface area (Å²) in [5.74, 6) is -0.456. The maximum atomic E-state index is 13.5. The van der Waals surface area contributed by atoms with Gasteiger partial charge in [-0.3, -0.25) is 10.6 Å². The Morgan fingerprint density at radius 3 is 1.89 bits per heavy atom. The van der Waals surface area contributed by atoms with E-state index in [1.54, 1.807) is 48.5 Å². The molecule has 0 fully saturated rings. The number of ether oxygens (including phenoxy) is 3. The van der Waals surface area contributed by atoms with Crippen LogP contribution in [-0.2, 0) is 9.47 Å². The molecule has 158 valence electrons. The predicted molar refractivity (Wildman–Crippen MR) is 103 cm³/mol. The lowest BCUT2D eigenvalue weighted by atomic mass is 10.2. The summed E-state index contributed by atoms with van der Waals surface area (Å²) in [7, 11) is 0. The molecule has 0 aliphatic rings. The Bertz CT molecular complexity index is 668. The molecule has 8 nitrogen and oxygen atoms in total. The molecule has 0 saturated carbocycles. The summed E-state index contributed by atoms with van der Waals surface area (Å²) < 4.78 is 29.5. The lowest BCUT2D eigenvalue weighted by Crippen LogP contribution is -2.57. The van der Waals surface area contributed by atoms with Gasteiger partial charge in [0.2, 0.25) is 0 Å². The van der Waals surface area contributed by atoms with Crippen LogP contribution in [0.25, 0.3) is 0 Å². The number of halogens is 1. The first kappa shape index (κ1) is 23.3. The predicted octanol–water partition coefficient (Wildman–Crippen LogP) is 3.55. The van der Waals surface area contributed by atoms with E-state index in [0.717, 1.165) is 6.07 Å². The van der Waals surface area contributed by atoms with E-state index >= 15 is 0 Å². The summed E-state index contributed by atoms with van der Waals surface area (Å²) in [4.78, 5) is 24.3. The maximum Gasteiger partial charge on any atom is 0.409 e. The van der Waals surface area contributed by atoms with Crippen molar-refractivity contribution in [1.29, 1.82) is 0 Å². The van der Waals surface area contributed by atoms with Crippen LogP contribution in [0.3, 0.4) is 0 Å². The number of rotatable bonds is 5. The normalized spacial score (nSPS) is 12.9. The van der Waals surface area contributed by atoms with Gasteiger partial charge in [0.05, 0.1) is 5.69 Å². The quantitative estimate of drug-likeness (QED) is 0.516. The van der Waals surface area contributed by atoms with Gasteiger partial charge >= 0.3 is 12.2 Å². The third-order valence-corrected chi connectivity index (χ3v) is 3.10. The number of amides is 2. The van der Waals surface area contributed by atoms with Crippen molar-refractivity contribution >= 4 is 17.9 Å². The van der Waals surface area contributed by atoms with Gasteiger partial charge in [-0.15, -0.1) is 0 Å². The van der Waals surface area contributed by atoms with Gasteiger partial charge in [-0.05, 0) is 60.6 Å². The SMILES string of the molecule is CC(Oc1cc(F)ccc1N)C(NC(=O)OC(C)(C)C)NC(=O)OC(C)(C)C. The highest BCUT2D eigenvalue weighted by Gasteiger charge is 2.28. The Morgan fingerprint density at radius 1 is 1.00 bits per heavy atom. The van der Waals surface area contributed by atoms with Gasteiger partial charge in [0.15, 0.2) is 0 Å². The van der Waals surface area contributed by atoms with Crippen molar-refractivity contribution in [3.05, 3.63) is 24.0 Å². The molecule has 0 spiro atoms. The van der Waals surface area contributed by atoms with Crippen LogP contribution in [0.2, 0.25) is 0 Å². The summed E-state index contributed by atoms with van der Waals surface area (Å²) in [5.41, 5.74) is 4.52. The zero-order valence-electron chi connectivity index (χ0n) is 17.4. The van der Waals surface area contributed by atoms with Crippen LogP contribution in [-0.4, -0.2) is 35.7 Å². The summed E-state index contributed by atoms with van der Waals surface area (Å²) in [5, 5.41) is 5.02. The number of nitrogen functional groups attached to an aromatic ring is 1. The first-order chi connectivity index (χ1) is 12.7. The summed E-state index contributed by atoms with van der Waals surface area (Å²) in [6.07, 6.45) is -3.40. The van der Waals surface area contributed by atoms with Crippen molar-refractivity contribution in [1.82, 2.24) is 10.6 Å². The molecule has 1 aromatic carbocycles. The fourth-order valence-electron chi connectivity index (χ4n) is 2.02. The molecular formula is C19H30FN3O5. The molecule has 9 heteroatoms. The summed E-state index contributed by atoms with van der Waals surface area (Å²) in [6, 6.07) is 3.67. The molecule has 0 saturated heterocycles. The number of carbonyl (C=O) groups is 2. The Balaban J connectivity index is 2.95. The lowest BCUT2D eigenvalue weighted by molar-refractivity contribution is 0.0333. The monoisotopic (exact) mass is 399 g/mol. The zero-order chi connectivity index (χ0) is 21.7. The van der Waals surface area contributed by atoms with Crippen molar-refractivity contribution in [2.24, 2.45) is 0 Å². The van der Waals surface area contributed by atoms with Crippen LogP contribution >= 0.6 is 0 Å². The molecule has 2 amide bonds. The van der Waals surface area contributed by atoms with E-state index in [2.05, 4.69) is 10.6 Å². The molecule has 0 radical (unpaired) electrons.